The fraction of sp³-hybridized carbons (Fsp3) is 0.286. The Morgan fingerprint density at radius 2 is 2.16 bits per heavy atom. The number of thioether (sulfide) groups is 1. The summed E-state index contributed by atoms with van der Waals surface area (Å²) >= 11 is 3.28. The second-order valence-corrected chi connectivity index (χ2v) is 6.49. The molecular weight excluding hydrogens is 276 g/mol. The van der Waals surface area contributed by atoms with Gasteiger partial charge in [0, 0.05) is 22.4 Å². The molecule has 1 N–H and O–H groups in total. The summed E-state index contributed by atoms with van der Waals surface area (Å²) in [6.45, 7) is 1.98. The standard InChI is InChI=1S/C14H16N2OS2/c1-11-10-15-14(19-11)16-13(17)8-5-9-18-12-6-3-2-4-7-12/h2-4,6-7,10H,5,8-9H2,1H3,(H,15,16,17). The molecule has 100 valence electrons. The molecule has 0 spiro atoms. The molecule has 0 atom stereocenters. The SMILES string of the molecule is Cc1cnc(NC(=O)CCCSc2ccccc2)s1. The largest absolute Gasteiger partial charge is 0.302 e. The van der Waals surface area contributed by atoms with E-state index in [1.807, 2.05) is 25.1 Å². The second kappa shape index (κ2) is 7.31. The van der Waals surface area contributed by atoms with Gasteiger partial charge in [0.15, 0.2) is 5.13 Å². The van der Waals surface area contributed by atoms with Crippen LogP contribution in [0.1, 0.15) is 17.7 Å². The zero-order chi connectivity index (χ0) is 13.5. The van der Waals surface area contributed by atoms with E-state index in [1.165, 1.54) is 16.2 Å². The Hall–Kier alpha value is -1.33. The minimum Gasteiger partial charge on any atom is -0.302 e. The van der Waals surface area contributed by atoms with Crippen molar-refractivity contribution in [2.24, 2.45) is 0 Å². The van der Waals surface area contributed by atoms with E-state index in [1.54, 1.807) is 18.0 Å². The number of amides is 1. The average Bonchev–Trinajstić information content (AvgIpc) is 2.81. The average molecular weight is 292 g/mol. The van der Waals surface area contributed by atoms with E-state index in [0.29, 0.717) is 11.6 Å². The first kappa shape index (κ1) is 14.1. The highest BCUT2D eigenvalue weighted by molar-refractivity contribution is 7.99. The van der Waals surface area contributed by atoms with E-state index in [2.05, 4.69) is 22.4 Å². The van der Waals surface area contributed by atoms with E-state index in [-0.39, 0.29) is 5.91 Å². The molecule has 0 saturated heterocycles. The number of carbonyl (C=O) groups is 1. The molecule has 0 aliphatic heterocycles. The maximum Gasteiger partial charge on any atom is 0.226 e. The lowest BCUT2D eigenvalue weighted by atomic mass is 10.3. The topological polar surface area (TPSA) is 42.0 Å². The zero-order valence-corrected chi connectivity index (χ0v) is 12.4. The summed E-state index contributed by atoms with van der Waals surface area (Å²) < 4.78 is 0. The summed E-state index contributed by atoms with van der Waals surface area (Å²) in [6.07, 6.45) is 3.18. The summed E-state index contributed by atoms with van der Waals surface area (Å²) in [7, 11) is 0. The molecule has 1 aromatic carbocycles. The van der Waals surface area contributed by atoms with Gasteiger partial charge in [-0.1, -0.05) is 18.2 Å². The summed E-state index contributed by atoms with van der Waals surface area (Å²) in [4.78, 5) is 18.1. The number of aryl methyl sites for hydroxylation is 1. The Morgan fingerprint density at radius 1 is 1.37 bits per heavy atom. The van der Waals surface area contributed by atoms with Gasteiger partial charge in [-0.05, 0) is 31.2 Å². The van der Waals surface area contributed by atoms with Crippen molar-refractivity contribution in [1.29, 1.82) is 0 Å². The minimum atomic E-state index is 0.0445. The van der Waals surface area contributed by atoms with Crippen LogP contribution in [-0.2, 0) is 4.79 Å². The first-order valence-corrected chi connectivity index (χ1v) is 7.94. The molecule has 0 fully saturated rings. The summed E-state index contributed by atoms with van der Waals surface area (Å²) in [5.41, 5.74) is 0. The predicted octanol–water partition coefficient (Wildman–Crippen LogP) is 3.96. The monoisotopic (exact) mass is 292 g/mol. The third kappa shape index (κ3) is 5.04. The normalized spacial score (nSPS) is 10.4. The Bertz CT molecular complexity index is 525. The Morgan fingerprint density at radius 3 is 2.84 bits per heavy atom. The summed E-state index contributed by atoms with van der Waals surface area (Å²) in [5.74, 6) is 0.997. The highest BCUT2D eigenvalue weighted by Crippen LogP contribution is 2.19. The highest BCUT2D eigenvalue weighted by atomic mass is 32.2. The number of benzene rings is 1. The van der Waals surface area contributed by atoms with Crippen LogP contribution in [0.4, 0.5) is 5.13 Å². The van der Waals surface area contributed by atoms with Gasteiger partial charge in [0.1, 0.15) is 0 Å². The van der Waals surface area contributed by atoms with Crippen LogP contribution in [0.5, 0.6) is 0 Å². The van der Waals surface area contributed by atoms with Gasteiger partial charge >= 0.3 is 0 Å². The lowest BCUT2D eigenvalue weighted by Gasteiger charge is -2.02. The lowest BCUT2D eigenvalue weighted by molar-refractivity contribution is -0.116. The van der Waals surface area contributed by atoms with Gasteiger partial charge in [0.2, 0.25) is 5.91 Å². The van der Waals surface area contributed by atoms with Crippen LogP contribution in [0, 0.1) is 6.92 Å². The molecule has 2 aromatic rings. The van der Waals surface area contributed by atoms with Crippen molar-refractivity contribution >= 4 is 34.1 Å². The molecule has 0 radical (unpaired) electrons. The molecule has 0 aliphatic carbocycles. The van der Waals surface area contributed by atoms with Crippen LogP contribution >= 0.6 is 23.1 Å². The van der Waals surface area contributed by atoms with Crippen LogP contribution in [0.3, 0.4) is 0 Å². The number of hydrogen-bond donors (Lipinski definition) is 1. The van der Waals surface area contributed by atoms with Gasteiger partial charge in [-0.3, -0.25) is 4.79 Å². The highest BCUT2D eigenvalue weighted by Gasteiger charge is 2.05. The molecule has 1 amide bonds. The van der Waals surface area contributed by atoms with Gasteiger partial charge in [-0.25, -0.2) is 4.98 Å². The van der Waals surface area contributed by atoms with Crippen molar-refractivity contribution in [3.05, 3.63) is 41.4 Å². The minimum absolute atomic E-state index is 0.0445. The van der Waals surface area contributed by atoms with E-state index >= 15 is 0 Å². The quantitative estimate of drug-likeness (QED) is 0.647. The van der Waals surface area contributed by atoms with E-state index in [4.69, 9.17) is 0 Å². The van der Waals surface area contributed by atoms with Crippen molar-refractivity contribution in [3.63, 3.8) is 0 Å². The molecule has 0 bridgehead atoms. The van der Waals surface area contributed by atoms with Gasteiger partial charge in [0.25, 0.3) is 0 Å². The zero-order valence-electron chi connectivity index (χ0n) is 10.8. The molecule has 3 nitrogen and oxygen atoms in total. The fourth-order valence-corrected chi connectivity index (χ4v) is 3.09. The molecule has 5 heteroatoms. The molecule has 0 aliphatic rings. The van der Waals surface area contributed by atoms with Gasteiger partial charge in [-0.2, -0.15) is 0 Å². The van der Waals surface area contributed by atoms with Crippen LogP contribution in [0.15, 0.2) is 41.4 Å². The number of hydrogen-bond acceptors (Lipinski definition) is 4. The summed E-state index contributed by atoms with van der Waals surface area (Å²) in [6, 6.07) is 10.2. The number of aromatic nitrogens is 1. The molecule has 19 heavy (non-hydrogen) atoms. The van der Waals surface area contributed by atoms with Crippen molar-refractivity contribution in [2.75, 3.05) is 11.1 Å². The fourth-order valence-electron chi connectivity index (χ4n) is 1.53. The molecule has 1 heterocycles. The molecule has 2 rings (SSSR count). The maximum absolute atomic E-state index is 11.7. The van der Waals surface area contributed by atoms with Crippen LogP contribution in [-0.4, -0.2) is 16.6 Å². The Labute approximate surface area is 121 Å². The number of rotatable bonds is 6. The van der Waals surface area contributed by atoms with Gasteiger partial charge < -0.3 is 5.32 Å². The van der Waals surface area contributed by atoms with Crippen LogP contribution < -0.4 is 5.32 Å². The third-order valence-electron chi connectivity index (χ3n) is 2.43. The molecule has 0 unspecified atom stereocenters. The number of thiazole rings is 1. The maximum atomic E-state index is 11.7. The Kier molecular flexibility index (Phi) is 5.42. The van der Waals surface area contributed by atoms with Crippen LogP contribution in [0.2, 0.25) is 0 Å². The smallest absolute Gasteiger partial charge is 0.226 e. The molecule has 1 aromatic heterocycles. The molecule has 0 saturated carbocycles. The predicted molar refractivity (Wildman–Crippen MR) is 81.9 cm³/mol. The van der Waals surface area contributed by atoms with E-state index in [9.17, 15) is 4.79 Å². The second-order valence-electron chi connectivity index (χ2n) is 4.09. The summed E-state index contributed by atoms with van der Waals surface area (Å²) in [5, 5.41) is 3.51. The van der Waals surface area contributed by atoms with Crippen molar-refractivity contribution in [1.82, 2.24) is 4.98 Å². The van der Waals surface area contributed by atoms with Crippen molar-refractivity contribution in [2.45, 2.75) is 24.7 Å². The first-order chi connectivity index (χ1) is 9.24. The van der Waals surface area contributed by atoms with Crippen LogP contribution in [0.25, 0.3) is 0 Å². The van der Waals surface area contributed by atoms with Gasteiger partial charge in [0.05, 0.1) is 0 Å². The number of carbonyl (C=O) groups excluding carboxylic acids is 1. The number of nitrogens with one attached hydrogen (secondary N) is 1. The van der Waals surface area contributed by atoms with Crippen molar-refractivity contribution < 1.29 is 4.79 Å². The third-order valence-corrected chi connectivity index (χ3v) is 4.35. The van der Waals surface area contributed by atoms with E-state index < -0.39 is 0 Å². The Balaban J connectivity index is 1.64. The molecular formula is C14H16N2OS2. The first-order valence-electron chi connectivity index (χ1n) is 6.14. The lowest BCUT2D eigenvalue weighted by Crippen LogP contribution is -2.11. The number of anilines is 1. The van der Waals surface area contributed by atoms with Gasteiger partial charge in [-0.15, -0.1) is 23.1 Å². The van der Waals surface area contributed by atoms with E-state index in [0.717, 1.165) is 17.1 Å². The number of nitrogens with zero attached hydrogens (tertiary/aromatic N) is 1. The van der Waals surface area contributed by atoms with Crippen molar-refractivity contribution in [3.8, 4) is 0 Å².